The molecule has 8 heavy (non-hydrogen) atoms. The Balaban J connectivity index is -0.0000000160. The number of allylic oxidation sites excluding steroid dienone is 2. The van der Waals surface area contributed by atoms with Gasteiger partial charge in [-0.1, -0.05) is 0 Å². The van der Waals surface area contributed by atoms with Crippen LogP contribution in [0.4, 0.5) is 0 Å². The Morgan fingerprint density at radius 2 is 1.00 bits per heavy atom. The maximum Gasteiger partial charge on any atom is 2.00 e. The molecule has 0 aliphatic heterocycles. The minimum Gasteiger partial charge on any atom is -0.412 e. The van der Waals surface area contributed by atoms with Gasteiger partial charge in [-0.05, 0) is 0 Å². The van der Waals surface area contributed by atoms with Crippen molar-refractivity contribution in [2.24, 2.45) is 0 Å². The molecule has 2 N–H and O–H groups in total. The molecule has 0 atom stereocenters. The summed E-state index contributed by atoms with van der Waals surface area (Å²) in [5.74, 6) is 0. The van der Waals surface area contributed by atoms with Crippen molar-refractivity contribution >= 4 is 37.7 Å². The van der Waals surface area contributed by atoms with Crippen molar-refractivity contribution in [3.05, 3.63) is 39.2 Å². The molecule has 0 aromatic heterocycles. The van der Waals surface area contributed by atoms with Gasteiger partial charge >= 0.3 is 37.7 Å². The SMILES string of the molecule is C=C[CH2-].C=C[CH2-].O.[Ca+2]. The maximum absolute atomic E-state index is 3.25. The fourth-order valence-electron chi connectivity index (χ4n) is 0. The van der Waals surface area contributed by atoms with Crippen LogP contribution in [0.1, 0.15) is 0 Å². The van der Waals surface area contributed by atoms with E-state index in [1.54, 1.807) is 0 Å². The van der Waals surface area contributed by atoms with Crippen molar-refractivity contribution in [3.63, 3.8) is 0 Å². The molecule has 0 saturated heterocycles. The molecule has 0 bridgehead atoms. The monoisotopic (exact) mass is 140 g/mol. The van der Waals surface area contributed by atoms with Crippen LogP contribution in [0.25, 0.3) is 0 Å². The Labute approximate surface area is 81.8 Å². The van der Waals surface area contributed by atoms with Gasteiger partial charge in [-0.15, -0.1) is 0 Å². The van der Waals surface area contributed by atoms with Crippen LogP contribution < -0.4 is 0 Å². The van der Waals surface area contributed by atoms with E-state index in [9.17, 15) is 0 Å². The van der Waals surface area contributed by atoms with E-state index in [1.807, 2.05) is 0 Å². The molecule has 0 amide bonds. The van der Waals surface area contributed by atoms with E-state index >= 15 is 0 Å². The van der Waals surface area contributed by atoms with Gasteiger partial charge in [0.1, 0.15) is 0 Å². The first-order chi connectivity index (χ1) is 2.83. The fourth-order valence-corrected chi connectivity index (χ4v) is 0. The van der Waals surface area contributed by atoms with Gasteiger partial charge in [-0.2, -0.15) is 0 Å². The summed E-state index contributed by atoms with van der Waals surface area (Å²) in [4.78, 5) is 0. The predicted molar refractivity (Wildman–Crippen MR) is 40.5 cm³/mol. The first kappa shape index (κ1) is 23.7. The summed E-state index contributed by atoms with van der Waals surface area (Å²) < 4.78 is 0. The fraction of sp³-hybridized carbons (Fsp3) is 0. The summed E-state index contributed by atoms with van der Waals surface area (Å²) in [7, 11) is 0. The van der Waals surface area contributed by atoms with E-state index in [1.165, 1.54) is 12.2 Å². The molecule has 44 valence electrons. The normalized spacial score (nSPS) is 3.00. The molecule has 0 aliphatic carbocycles. The zero-order valence-corrected chi connectivity index (χ0v) is 7.40. The second kappa shape index (κ2) is 51.8. The van der Waals surface area contributed by atoms with Crippen LogP contribution in [0.3, 0.4) is 0 Å². The van der Waals surface area contributed by atoms with Crippen LogP contribution in [0.2, 0.25) is 0 Å². The summed E-state index contributed by atoms with van der Waals surface area (Å²) >= 11 is 0. The van der Waals surface area contributed by atoms with Crippen molar-refractivity contribution in [1.29, 1.82) is 0 Å². The van der Waals surface area contributed by atoms with E-state index in [-0.39, 0.29) is 43.2 Å². The average molecular weight is 140 g/mol. The van der Waals surface area contributed by atoms with Gasteiger partial charge in [0.05, 0.1) is 0 Å². The second-order valence-electron chi connectivity index (χ2n) is 0.577. The van der Waals surface area contributed by atoms with Crippen molar-refractivity contribution in [3.8, 4) is 0 Å². The third kappa shape index (κ3) is 985. The molecule has 0 aliphatic rings. The molecular formula is C6H12CaO. The molecule has 1 nitrogen and oxygen atoms in total. The summed E-state index contributed by atoms with van der Waals surface area (Å²) in [6.45, 7) is 13.0. The maximum atomic E-state index is 3.25. The molecule has 0 spiro atoms. The topological polar surface area (TPSA) is 31.5 Å². The molecule has 0 radical (unpaired) electrons. The van der Waals surface area contributed by atoms with Crippen LogP contribution in [0.5, 0.6) is 0 Å². The quantitative estimate of drug-likeness (QED) is 0.352. The molecule has 0 fully saturated rings. The van der Waals surface area contributed by atoms with E-state index in [0.717, 1.165) is 0 Å². The van der Waals surface area contributed by atoms with Crippen LogP contribution >= 0.6 is 0 Å². The zero-order chi connectivity index (χ0) is 5.41. The van der Waals surface area contributed by atoms with E-state index < -0.39 is 0 Å². The van der Waals surface area contributed by atoms with E-state index in [2.05, 4.69) is 27.0 Å². The molecule has 2 heteroatoms. The molecular weight excluding hydrogens is 128 g/mol. The Bertz CT molecular complexity index is 29.5. The Hall–Kier alpha value is 0.440. The minimum atomic E-state index is 0. The van der Waals surface area contributed by atoms with E-state index in [0.29, 0.717) is 0 Å². The molecule has 0 unspecified atom stereocenters. The summed E-state index contributed by atoms with van der Waals surface area (Å²) in [6, 6.07) is 0. The standard InChI is InChI=1S/2C3H5.Ca.H2O/c2*1-3-2;;/h2*3H,1-2H2;;1H2/q2*-1;+2;. The molecule has 0 rings (SSSR count). The zero-order valence-electron chi connectivity index (χ0n) is 5.19. The number of hydrogen-bond acceptors (Lipinski definition) is 0. The molecule has 0 aromatic rings. The first-order valence-corrected chi connectivity index (χ1v) is 1.63. The van der Waals surface area contributed by atoms with Crippen molar-refractivity contribution in [1.82, 2.24) is 0 Å². The Kier molecular flexibility index (Phi) is 154. The number of rotatable bonds is 0. The summed E-state index contributed by atoms with van der Waals surface area (Å²) in [5.41, 5.74) is 0. The first-order valence-electron chi connectivity index (χ1n) is 1.63. The third-order valence-corrected chi connectivity index (χ3v) is 0. The van der Waals surface area contributed by atoms with Gasteiger partial charge in [-0.25, -0.2) is 39.2 Å². The van der Waals surface area contributed by atoms with Crippen LogP contribution in [-0.2, 0) is 0 Å². The second-order valence-corrected chi connectivity index (χ2v) is 0.577. The molecule has 0 heterocycles. The van der Waals surface area contributed by atoms with Crippen molar-refractivity contribution < 1.29 is 5.48 Å². The number of hydrogen-bond donors (Lipinski definition) is 0. The van der Waals surface area contributed by atoms with Gasteiger partial charge in [-0.3, -0.25) is 0 Å². The van der Waals surface area contributed by atoms with Crippen molar-refractivity contribution in [2.45, 2.75) is 0 Å². The summed E-state index contributed by atoms with van der Waals surface area (Å²) in [5, 5.41) is 0. The largest absolute Gasteiger partial charge is 2.00 e. The minimum absolute atomic E-state index is 0. The molecule has 0 aromatic carbocycles. The van der Waals surface area contributed by atoms with E-state index in [4.69, 9.17) is 0 Å². The Morgan fingerprint density at radius 1 is 1.00 bits per heavy atom. The predicted octanol–water partition coefficient (Wildman–Crippen LogP) is 0.807. The van der Waals surface area contributed by atoms with Gasteiger partial charge in [0.15, 0.2) is 0 Å². The van der Waals surface area contributed by atoms with Gasteiger partial charge < -0.3 is 5.48 Å². The van der Waals surface area contributed by atoms with Crippen LogP contribution in [0.15, 0.2) is 25.3 Å². The van der Waals surface area contributed by atoms with Crippen LogP contribution in [-0.4, -0.2) is 43.2 Å². The van der Waals surface area contributed by atoms with Gasteiger partial charge in [0, 0.05) is 0 Å². The molecule has 0 saturated carbocycles. The smallest absolute Gasteiger partial charge is 0.412 e. The van der Waals surface area contributed by atoms with Gasteiger partial charge in [0.2, 0.25) is 0 Å². The Morgan fingerprint density at radius 3 is 1.00 bits per heavy atom. The van der Waals surface area contributed by atoms with Crippen LogP contribution in [0, 0.1) is 13.8 Å². The summed E-state index contributed by atoms with van der Waals surface area (Å²) in [6.07, 6.45) is 3.00. The third-order valence-electron chi connectivity index (χ3n) is 0. The average Bonchev–Trinajstić information content (AvgIpc) is 1.39. The van der Waals surface area contributed by atoms with Gasteiger partial charge in [0.25, 0.3) is 0 Å². The van der Waals surface area contributed by atoms with Crippen molar-refractivity contribution in [2.75, 3.05) is 0 Å².